The quantitative estimate of drug-likeness (QED) is 0.649. The number of fused-ring (bicyclic) bond motifs is 1. The zero-order valence-electron chi connectivity index (χ0n) is 17.3. The van der Waals surface area contributed by atoms with Gasteiger partial charge in [0.1, 0.15) is 5.82 Å². The van der Waals surface area contributed by atoms with Crippen LogP contribution in [0, 0.1) is 12.7 Å². The smallest absolute Gasteiger partial charge is 0.258 e. The van der Waals surface area contributed by atoms with E-state index in [9.17, 15) is 17.6 Å². The Morgan fingerprint density at radius 2 is 1.84 bits per heavy atom. The number of anilines is 1. The van der Waals surface area contributed by atoms with Gasteiger partial charge in [-0.05, 0) is 67.3 Å². The molecule has 0 spiro atoms. The minimum absolute atomic E-state index is 0.00425. The molecule has 1 amide bonds. The number of carbonyl (C=O) groups excluding carboxylic acids is 1. The van der Waals surface area contributed by atoms with Crippen molar-refractivity contribution in [1.29, 1.82) is 0 Å². The maximum atomic E-state index is 13.6. The van der Waals surface area contributed by atoms with E-state index in [1.165, 1.54) is 12.1 Å². The molecule has 0 unspecified atom stereocenters. The molecule has 7 heteroatoms. The van der Waals surface area contributed by atoms with Gasteiger partial charge in [0.05, 0.1) is 4.90 Å². The van der Waals surface area contributed by atoms with E-state index in [-0.39, 0.29) is 23.4 Å². The summed E-state index contributed by atoms with van der Waals surface area (Å²) in [6.07, 6.45) is 0.738. The summed E-state index contributed by atoms with van der Waals surface area (Å²) in [5.74, 6) is -0.687. The molecule has 0 radical (unpaired) electrons. The second-order valence-corrected chi connectivity index (χ2v) is 9.53. The van der Waals surface area contributed by atoms with E-state index in [1.807, 2.05) is 43.3 Å². The van der Waals surface area contributed by atoms with E-state index in [0.29, 0.717) is 11.1 Å². The van der Waals surface area contributed by atoms with Crippen LogP contribution < -0.4 is 9.62 Å². The Labute approximate surface area is 181 Å². The predicted molar refractivity (Wildman–Crippen MR) is 118 cm³/mol. The number of hydrogen-bond acceptors (Lipinski definition) is 3. The second kappa shape index (κ2) is 8.24. The summed E-state index contributed by atoms with van der Waals surface area (Å²) in [4.78, 5) is 14.8. The molecular weight excluding hydrogens is 415 g/mol. The van der Waals surface area contributed by atoms with Gasteiger partial charge in [-0.1, -0.05) is 36.4 Å². The molecule has 1 heterocycles. The van der Waals surface area contributed by atoms with Crippen LogP contribution in [0.4, 0.5) is 10.1 Å². The molecule has 3 aromatic rings. The third-order valence-corrected chi connectivity index (χ3v) is 7.05. The lowest BCUT2D eigenvalue weighted by Gasteiger charge is -2.23. The van der Waals surface area contributed by atoms with Gasteiger partial charge in [-0.2, -0.15) is 0 Å². The number of aryl methyl sites for hydroxylation is 1. The number of rotatable bonds is 5. The maximum absolute atomic E-state index is 13.6. The molecule has 1 N–H and O–H groups in total. The Balaban J connectivity index is 1.58. The third kappa shape index (κ3) is 4.24. The van der Waals surface area contributed by atoms with Crippen LogP contribution in [0.5, 0.6) is 0 Å². The largest absolute Gasteiger partial charge is 0.305 e. The number of carbonyl (C=O) groups is 1. The van der Waals surface area contributed by atoms with Crippen LogP contribution in [0.15, 0.2) is 71.6 Å². The molecule has 0 fully saturated rings. The highest BCUT2D eigenvalue weighted by Gasteiger charge is 2.31. The number of nitrogens with one attached hydrogen (secondary N) is 1. The number of amides is 1. The van der Waals surface area contributed by atoms with Gasteiger partial charge < -0.3 is 4.90 Å². The monoisotopic (exact) mass is 438 g/mol. The molecule has 0 saturated heterocycles. The lowest BCUT2D eigenvalue weighted by molar-refractivity contribution is 0.0981. The van der Waals surface area contributed by atoms with Crippen LogP contribution >= 0.6 is 0 Å². The van der Waals surface area contributed by atoms with Gasteiger partial charge in [0, 0.05) is 23.8 Å². The number of halogens is 1. The number of benzene rings is 3. The van der Waals surface area contributed by atoms with Crippen LogP contribution in [0.2, 0.25) is 0 Å². The van der Waals surface area contributed by atoms with E-state index in [0.717, 1.165) is 29.3 Å². The fourth-order valence-electron chi connectivity index (χ4n) is 3.91. The van der Waals surface area contributed by atoms with Gasteiger partial charge in [0.15, 0.2) is 0 Å². The molecule has 5 nitrogen and oxygen atoms in total. The SMILES string of the molecule is Cc1ccc(F)cc1S(=O)(=O)NCc1ccc2c(c1)N(C(=O)c1ccccc1)[C@H](C)C2. The fourth-order valence-corrected chi connectivity index (χ4v) is 5.18. The number of sulfonamides is 1. The number of hydrogen-bond donors (Lipinski definition) is 1. The summed E-state index contributed by atoms with van der Waals surface area (Å²) in [7, 11) is -3.88. The summed E-state index contributed by atoms with van der Waals surface area (Å²) in [5.41, 5.74) is 3.63. The molecule has 0 bridgehead atoms. The molecule has 0 aliphatic carbocycles. The zero-order valence-corrected chi connectivity index (χ0v) is 18.1. The average Bonchev–Trinajstić information content (AvgIpc) is 3.09. The Kier molecular flexibility index (Phi) is 5.64. The molecule has 3 aromatic carbocycles. The molecule has 1 aliphatic rings. The van der Waals surface area contributed by atoms with Crippen LogP contribution in [0.3, 0.4) is 0 Å². The van der Waals surface area contributed by atoms with Crippen molar-refractivity contribution in [1.82, 2.24) is 4.72 Å². The number of nitrogens with zero attached hydrogens (tertiary/aromatic N) is 1. The van der Waals surface area contributed by atoms with Crippen LogP contribution in [-0.4, -0.2) is 20.4 Å². The van der Waals surface area contributed by atoms with Crippen molar-refractivity contribution in [3.05, 3.63) is 94.8 Å². The highest BCUT2D eigenvalue weighted by Crippen LogP contribution is 2.34. The Hall–Kier alpha value is -3.03. The average molecular weight is 439 g/mol. The van der Waals surface area contributed by atoms with Crippen LogP contribution in [0.1, 0.15) is 34.0 Å². The first-order chi connectivity index (χ1) is 14.8. The molecular formula is C24H23FN2O3S. The van der Waals surface area contributed by atoms with Crippen molar-refractivity contribution >= 4 is 21.6 Å². The highest BCUT2D eigenvalue weighted by atomic mass is 32.2. The first-order valence-corrected chi connectivity index (χ1v) is 11.5. The standard InChI is InChI=1S/C24H23FN2O3S/c1-16-8-11-21(25)14-23(16)31(29,30)26-15-18-9-10-20-12-17(2)27(22(20)13-18)24(28)19-6-4-3-5-7-19/h3-11,13-14,17,26H,12,15H2,1-2H3/t17-/m1/s1. The normalized spacial score (nSPS) is 15.7. The van der Waals surface area contributed by atoms with E-state index < -0.39 is 15.8 Å². The van der Waals surface area contributed by atoms with Crippen molar-refractivity contribution in [2.75, 3.05) is 4.90 Å². The van der Waals surface area contributed by atoms with Gasteiger partial charge in [-0.15, -0.1) is 0 Å². The van der Waals surface area contributed by atoms with E-state index in [1.54, 1.807) is 24.0 Å². The first kappa shape index (κ1) is 21.2. The Bertz CT molecular complexity index is 1240. The molecule has 1 aliphatic heterocycles. The Morgan fingerprint density at radius 1 is 1.10 bits per heavy atom. The van der Waals surface area contributed by atoms with E-state index in [4.69, 9.17) is 0 Å². The molecule has 31 heavy (non-hydrogen) atoms. The summed E-state index contributed by atoms with van der Waals surface area (Å²) in [5, 5.41) is 0. The van der Waals surface area contributed by atoms with Gasteiger partial charge in [0.25, 0.3) is 5.91 Å². The van der Waals surface area contributed by atoms with Gasteiger partial charge in [-0.3, -0.25) is 4.79 Å². The zero-order chi connectivity index (χ0) is 22.2. The van der Waals surface area contributed by atoms with Crippen molar-refractivity contribution in [2.45, 2.75) is 37.8 Å². The topological polar surface area (TPSA) is 66.5 Å². The van der Waals surface area contributed by atoms with Gasteiger partial charge in [0.2, 0.25) is 10.0 Å². The molecule has 0 aromatic heterocycles. The molecule has 160 valence electrons. The predicted octanol–water partition coefficient (Wildman–Crippen LogP) is 4.20. The lowest BCUT2D eigenvalue weighted by Crippen LogP contribution is -2.35. The molecule has 0 saturated carbocycles. The van der Waals surface area contributed by atoms with Gasteiger partial charge >= 0.3 is 0 Å². The van der Waals surface area contributed by atoms with Crippen molar-refractivity contribution in [3.63, 3.8) is 0 Å². The minimum Gasteiger partial charge on any atom is -0.305 e. The summed E-state index contributed by atoms with van der Waals surface area (Å²) >= 11 is 0. The maximum Gasteiger partial charge on any atom is 0.258 e. The lowest BCUT2D eigenvalue weighted by atomic mass is 10.1. The summed E-state index contributed by atoms with van der Waals surface area (Å²) in [6.45, 7) is 3.65. The van der Waals surface area contributed by atoms with Crippen LogP contribution in [0.25, 0.3) is 0 Å². The van der Waals surface area contributed by atoms with E-state index in [2.05, 4.69) is 4.72 Å². The highest BCUT2D eigenvalue weighted by molar-refractivity contribution is 7.89. The second-order valence-electron chi connectivity index (χ2n) is 7.79. The third-order valence-electron chi connectivity index (χ3n) is 5.51. The van der Waals surface area contributed by atoms with Crippen molar-refractivity contribution < 1.29 is 17.6 Å². The first-order valence-electron chi connectivity index (χ1n) is 10.0. The van der Waals surface area contributed by atoms with Gasteiger partial charge in [-0.25, -0.2) is 17.5 Å². The molecule has 4 rings (SSSR count). The summed E-state index contributed by atoms with van der Waals surface area (Å²) in [6, 6.07) is 18.4. The summed E-state index contributed by atoms with van der Waals surface area (Å²) < 4.78 is 41.5. The van der Waals surface area contributed by atoms with Crippen molar-refractivity contribution in [2.24, 2.45) is 0 Å². The minimum atomic E-state index is -3.88. The Morgan fingerprint density at radius 3 is 2.58 bits per heavy atom. The van der Waals surface area contributed by atoms with E-state index >= 15 is 0 Å². The fraction of sp³-hybridized carbons (Fsp3) is 0.208. The van der Waals surface area contributed by atoms with Crippen LogP contribution in [-0.2, 0) is 23.0 Å². The molecule has 1 atom stereocenters. The van der Waals surface area contributed by atoms with Crippen molar-refractivity contribution in [3.8, 4) is 0 Å².